The van der Waals surface area contributed by atoms with E-state index in [-0.39, 0.29) is 47.9 Å². The molecule has 0 heterocycles. The number of hydrogen-bond acceptors (Lipinski definition) is 17. The molecule has 4 N–H and O–H groups in total. The molecular weight excluding hydrogens is 628 g/mol. The van der Waals surface area contributed by atoms with Crippen molar-refractivity contribution in [3.8, 4) is 5.75 Å². The van der Waals surface area contributed by atoms with Gasteiger partial charge in [-0.05, 0) is 18.2 Å². The van der Waals surface area contributed by atoms with Gasteiger partial charge in [-0.1, -0.05) is 11.6 Å². The number of halogens is 1. The number of carbonyl (C=O) groups is 1. The van der Waals surface area contributed by atoms with E-state index in [0.717, 1.165) is 6.29 Å². The first-order valence-corrected chi connectivity index (χ1v) is 6.18. The standard InChI is InChI=1S/C8H7ClO2.Ce.5NO3.H3N/c1-11-8-4-6(5-10)2-3-7(8)9;;5*2-1(3)4;/h2-5H,1H3;;;;;;;1H3/q;+4;5*-1;/p+1. The number of ether oxygens (including phenoxy) is 1. The fourth-order valence-electron chi connectivity index (χ4n) is 0.750. The van der Waals surface area contributed by atoms with Gasteiger partial charge in [-0.3, -0.25) is 4.79 Å². The third-order valence-corrected chi connectivity index (χ3v) is 1.62. The average Bonchev–Trinajstić information content (AvgIpc) is 2.52. The number of benzene rings is 1. The van der Waals surface area contributed by atoms with Crippen molar-refractivity contribution in [2.75, 3.05) is 7.11 Å². The van der Waals surface area contributed by atoms with Crippen LogP contribution in [0.15, 0.2) is 18.2 Å². The zero-order valence-corrected chi connectivity index (χ0v) is 19.8. The maximum atomic E-state index is 10.3. The van der Waals surface area contributed by atoms with Crippen molar-refractivity contribution in [3.05, 3.63) is 105 Å². The summed E-state index contributed by atoms with van der Waals surface area (Å²) in [6.07, 6.45) is 0.749. The molecule has 0 saturated heterocycles. The Balaban J connectivity index is -0.0000000529. The molecule has 0 bridgehead atoms. The first-order chi connectivity index (χ1) is 13.9. The second-order valence-corrected chi connectivity index (χ2v) is 3.54. The molecule has 1 aromatic rings. The summed E-state index contributed by atoms with van der Waals surface area (Å²) in [5.41, 5.74) is 0.561. The van der Waals surface area contributed by atoms with Crippen LogP contribution in [0.5, 0.6) is 5.75 Å². The molecule has 0 radical (unpaired) electrons. The summed E-state index contributed by atoms with van der Waals surface area (Å²) in [6.45, 7) is 0. The van der Waals surface area contributed by atoms with E-state index in [0.29, 0.717) is 16.3 Å². The van der Waals surface area contributed by atoms with Gasteiger partial charge in [0.25, 0.3) is 0 Å². The molecule has 0 spiro atoms. The van der Waals surface area contributed by atoms with E-state index in [2.05, 4.69) is 0 Å². The number of aldehydes is 1. The van der Waals surface area contributed by atoms with Gasteiger partial charge in [0.2, 0.25) is 0 Å². The van der Waals surface area contributed by atoms with E-state index < -0.39 is 25.4 Å². The Morgan fingerprint density at radius 3 is 1.15 bits per heavy atom. The first kappa shape index (κ1) is 47.2. The first-order valence-electron chi connectivity index (χ1n) is 5.80. The van der Waals surface area contributed by atoms with Gasteiger partial charge >= 0.3 is 41.7 Å². The third kappa shape index (κ3) is 111. The van der Waals surface area contributed by atoms with Gasteiger partial charge in [-0.2, -0.15) is 0 Å². The van der Waals surface area contributed by atoms with Crippen molar-refractivity contribution in [1.82, 2.24) is 6.15 Å². The Kier molecular flexibility index (Phi) is 47.2. The molecule has 0 aliphatic rings. The maximum Gasteiger partial charge on any atom is 4.00 e. The van der Waals surface area contributed by atoms with Crippen LogP contribution in [0.25, 0.3) is 0 Å². The summed E-state index contributed by atoms with van der Waals surface area (Å²) >= 11 is 5.71. The van der Waals surface area contributed by atoms with Gasteiger partial charge < -0.3 is 87.5 Å². The van der Waals surface area contributed by atoms with E-state index in [4.69, 9.17) is 92.9 Å². The normalized spacial score (nSPS) is 6.73. The van der Waals surface area contributed by atoms with Crippen LogP contribution in [0, 0.1) is 118 Å². The number of rotatable bonds is 2. The Bertz CT molecular complexity index is 618. The van der Waals surface area contributed by atoms with E-state index in [1.54, 1.807) is 18.2 Å². The minimum Gasteiger partial charge on any atom is -0.495 e. The van der Waals surface area contributed by atoms with Crippen molar-refractivity contribution in [2.24, 2.45) is 0 Å². The van der Waals surface area contributed by atoms with Crippen LogP contribution in [-0.4, -0.2) is 38.8 Å². The van der Waals surface area contributed by atoms with Crippen LogP contribution in [0.1, 0.15) is 10.4 Å². The van der Waals surface area contributed by atoms with Crippen molar-refractivity contribution in [3.63, 3.8) is 0 Å². The third-order valence-electron chi connectivity index (χ3n) is 1.31. The number of quaternary nitrogens is 1. The van der Waals surface area contributed by atoms with Crippen LogP contribution in [0.3, 0.4) is 0 Å². The van der Waals surface area contributed by atoms with Crippen molar-refractivity contribution >= 4 is 17.9 Å². The van der Waals surface area contributed by atoms with Gasteiger partial charge in [0.05, 0.1) is 37.6 Å². The molecule has 0 saturated carbocycles. The van der Waals surface area contributed by atoms with Gasteiger partial charge in [-0.25, -0.2) is 0 Å². The quantitative estimate of drug-likeness (QED) is 0.271. The fourth-order valence-corrected chi connectivity index (χ4v) is 0.944. The zero-order valence-electron chi connectivity index (χ0n) is 15.9. The predicted octanol–water partition coefficient (Wildman–Crippen LogP) is 1.34. The molecular formula is C8H11CeClN6O17. The largest absolute Gasteiger partial charge is 4.00 e. The molecule has 0 amide bonds. The zero-order chi connectivity index (χ0) is 26.2. The minimum atomic E-state index is -1.75. The molecule has 1 aromatic carbocycles. The van der Waals surface area contributed by atoms with Gasteiger partial charge in [0.1, 0.15) is 12.0 Å². The Hall–Kier alpha value is -3.68. The molecule has 25 heteroatoms. The maximum absolute atomic E-state index is 10.3. The summed E-state index contributed by atoms with van der Waals surface area (Å²) in [6, 6.07) is 4.86. The smallest absolute Gasteiger partial charge is 0.495 e. The Labute approximate surface area is 218 Å². The van der Waals surface area contributed by atoms with Crippen molar-refractivity contribution in [2.45, 2.75) is 0 Å². The summed E-state index contributed by atoms with van der Waals surface area (Å²) < 4.78 is 4.90. The molecule has 0 aromatic heterocycles. The molecule has 23 nitrogen and oxygen atoms in total. The van der Waals surface area contributed by atoms with Crippen LogP contribution < -0.4 is 10.9 Å². The second-order valence-electron chi connectivity index (χ2n) is 3.13. The molecule has 186 valence electrons. The minimum absolute atomic E-state index is 0. The van der Waals surface area contributed by atoms with Crippen LogP contribution in [0.4, 0.5) is 0 Å². The predicted molar refractivity (Wildman–Crippen MR) is 101 cm³/mol. The monoisotopic (exact) mass is 638 g/mol. The molecule has 0 fully saturated rings. The van der Waals surface area contributed by atoms with Gasteiger partial charge in [0, 0.05) is 5.56 Å². The topological polar surface area (TPSA) is 394 Å². The number of methoxy groups -OCH3 is 1. The van der Waals surface area contributed by atoms with Crippen molar-refractivity contribution in [1.29, 1.82) is 0 Å². The summed E-state index contributed by atoms with van der Waals surface area (Å²) in [7, 11) is 1.51. The summed E-state index contributed by atoms with van der Waals surface area (Å²) in [4.78, 5) is 51.5. The number of hydrogen-bond donors (Lipinski definition) is 1. The van der Waals surface area contributed by atoms with E-state index >= 15 is 0 Å². The second kappa shape index (κ2) is 33.0. The van der Waals surface area contributed by atoms with E-state index in [1.807, 2.05) is 0 Å². The molecule has 0 atom stereocenters. The molecule has 0 aliphatic heterocycles. The molecule has 33 heavy (non-hydrogen) atoms. The van der Waals surface area contributed by atoms with Crippen LogP contribution >= 0.6 is 11.6 Å². The molecule has 0 aliphatic carbocycles. The van der Waals surface area contributed by atoms with Crippen LogP contribution in [-0.2, 0) is 0 Å². The van der Waals surface area contributed by atoms with Crippen LogP contribution in [0.2, 0.25) is 5.02 Å². The van der Waals surface area contributed by atoms with Crippen molar-refractivity contribution < 1.29 is 76.7 Å². The number of nitrogens with zero attached hydrogens (tertiary/aromatic N) is 5. The average molecular weight is 639 g/mol. The molecule has 1 rings (SSSR count). The van der Waals surface area contributed by atoms with E-state index in [9.17, 15) is 4.79 Å². The Morgan fingerprint density at radius 2 is 0.970 bits per heavy atom. The number of carbonyl (C=O) groups excluding carboxylic acids is 1. The fraction of sp³-hybridized carbons (Fsp3) is 0.125. The Morgan fingerprint density at radius 1 is 0.727 bits per heavy atom. The SMILES string of the molecule is COc1cc(C=O)ccc1Cl.O=[N+]([O-])[O-].O=[N+]([O-])[O-].O=[N+]([O-])[O-].O=[N+]([O-])[O-].O=[N+]([O-])[O-].[Ce+4].[NH4+]. The van der Waals surface area contributed by atoms with Gasteiger partial charge in [0.15, 0.2) is 0 Å². The molecule has 0 unspecified atom stereocenters. The summed E-state index contributed by atoms with van der Waals surface area (Å²) in [5, 5.41) is 74.3. The van der Waals surface area contributed by atoms with Gasteiger partial charge in [-0.15, -0.1) is 0 Å². The van der Waals surface area contributed by atoms with E-state index in [1.165, 1.54) is 7.11 Å². The summed E-state index contributed by atoms with van der Waals surface area (Å²) in [5.74, 6) is 0.524.